The summed E-state index contributed by atoms with van der Waals surface area (Å²) in [5.41, 5.74) is 2.79. The van der Waals surface area contributed by atoms with Crippen molar-refractivity contribution >= 4 is 34.0 Å². The lowest BCUT2D eigenvalue weighted by molar-refractivity contribution is 0.102. The van der Waals surface area contributed by atoms with Crippen LogP contribution in [0.5, 0.6) is 0 Å². The Morgan fingerprint density at radius 3 is 2.71 bits per heavy atom. The van der Waals surface area contributed by atoms with Crippen molar-refractivity contribution in [1.29, 1.82) is 0 Å². The topological polar surface area (TPSA) is 59.8 Å². The molecule has 28 heavy (non-hydrogen) atoms. The maximum atomic E-state index is 12.5. The van der Waals surface area contributed by atoms with Crippen LogP contribution in [0.4, 0.5) is 5.13 Å². The molecule has 0 aliphatic rings. The van der Waals surface area contributed by atoms with E-state index in [0.29, 0.717) is 22.3 Å². The zero-order chi connectivity index (χ0) is 19.3. The maximum Gasteiger partial charge on any atom is 0.257 e. The van der Waals surface area contributed by atoms with Gasteiger partial charge in [-0.15, -0.1) is 11.3 Å². The van der Waals surface area contributed by atoms with Crippen LogP contribution in [-0.2, 0) is 13.0 Å². The fourth-order valence-electron chi connectivity index (χ4n) is 2.81. The third kappa shape index (κ3) is 4.65. The second-order valence-electron chi connectivity index (χ2n) is 6.29. The molecule has 0 fully saturated rings. The highest BCUT2D eigenvalue weighted by molar-refractivity contribution is 7.15. The van der Waals surface area contributed by atoms with Crippen LogP contribution < -0.4 is 5.32 Å². The fourth-order valence-corrected chi connectivity index (χ4v) is 3.86. The molecule has 2 aromatic heterocycles. The molecule has 0 saturated heterocycles. The summed E-state index contributed by atoms with van der Waals surface area (Å²) in [6.45, 7) is 0.675. The first kappa shape index (κ1) is 18.4. The SMILES string of the molecule is O=C(Nc1ncc(Cc2cccc(Cl)c2)s1)c1ccc(Cn2cccn2)cc1. The van der Waals surface area contributed by atoms with Crippen molar-refractivity contribution < 1.29 is 4.79 Å². The molecular weight excluding hydrogens is 392 g/mol. The first-order chi connectivity index (χ1) is 13.7. The van der Waals surface area contributed by atoms with E-state index in [1.54, 1.807) is 12.4 Å². The fraction of sp³-hybridized carbons (Fsp3) is 0.0952. The molecule has 0 saturated carbocycles. The number of nitrogens with one attached hydrogen (secondary N) is 1. The lowest BCUT2D eigenvalue weighted by Gasteiger charge is -2.05. The van der Waals surface area contributed by atoms with E-state index in [9.17, 15) is 4.79 Å². The number of carbonyl (C=O) groups is 1. The first-order valence-electron chi connectivity index (χ1n) is 8.72. The van der Waals surface area contributed by atoms with E-state index in [1.165, 1.54) is 11.3 Å². The van der Waals surface area contributed by atoms with Gasteiger partial charge >= 0.3 is 0 Å². The van der Waals surface area contributed by atoms with E-state index in [1.807, 2.05) is 65.5 Å². The molecule has 4 aromatic rings. The van der Waals surface area contributed by atoms with Gasteiger partial charge in [-0.2, -0.15) is 5.10 Å². The number of hydrogen-bond donors (Lipinski definition) is 1. The molecule has 0 unspecified atom stereocenters. The number of anilines is 1. The Morgan fingerprint density at radius 2 is 1.96 bits per heavy atom. The zero-order valence-electron chi connectivity index (χ0n) is 14.9. The van der Waals surface area contributed by atoms with Crippen LogP contribution in [0.25, 0.3) is 0 Å². The molecule has 0 atom stereocenters. The van der Waals surface area contributed by atoms with Crippen LogP contribution in [0, 0.1) is 0 Å². The van der Waals surface area contributed by atoms with E-state index >= 15 is 0 Å². The molecule has 140 valence electrons. The molecule has 0 radical (unpaired) electrons. The average molecular weight is 409 g/mol. The van der Waals surface area contributed by atoms with Gasteiger partial charge in [0.05, 0.1) is 6.54 Å². The van der Waals surface area contributed by atoms with Crippen molar-refractivity contribution in [2.24, 2.45) is 0 Å². The van der Waals surface area contributed by atoms with Crippen LogP contribution in [0.15, 0.2) is 73.2 Å². The third-order valence-electron chi connectivity index (χ3n) is 4.16. The minimum absolute atomic E-state index is 0.172. The van der Waals surface area contributed by atoms with Gasteiger partial charge in [-0.3, -0.25) is 14.8 Å². The van der Waals surface area contributed by atoms with E-state index in [4.69, 9.17) is 11.6 Å². The highest BCUT2D eigenvalue weighted by atomic mass is 35.5. The van der Waals surface area contributed by atoms with Crippen LogP contribution in [0.1, 0.15) is 26.4 Å². The quantitative estimate of drug-likeness (QED) is 0.494. The Kier molecular flexibility index (Phi) is 5.50. The molecule has 0 spiro atoms. The maximum absolute atomic E-state index is 12.5. The summed E-state index contributed by atoms with van der Waals surface area (Å²) in [7, 11) is 0. The van der Waals surface area contributed by atoms with Crippen molar-refractivity contribution in [3.05, 3.63) is 99.8 Å². The van der Waals surface area contributed by atoms with Crippen LogP contribution in [0.2, 0.25) is 5.02 Å². The Morgan fingerprint density at radius 1 is 1.11 bits per heavy atom. The molecule has 1 amide bonds. The lowest BCUT2D eigenvalue weighted by atomic mass is 10.1. The highest BCUT2D eigenvalue weighted by Crippen LogP contribution is 2.23. The van der Waals surface area contributed by atoms with Gasteiger partial charge in [0.2, 0.25) is 0 Å². The summed E-state index contributed by atoms with van der Waals surface area (Å²) >= 11 is 7.49. The number of rotatable bonds is 6. The molecule has 1 N–H and O–H groups in total. The first-order valence-corrected chi connectivity index (χ1v) is 9.92. The second kappa shape index (κ2) is 8.37. The Balaban J connectivity index is 1.37. The highest BCUT2D eigenvalue weighted by Gasteiger charge is 2.10. The summed E-state index contributed by atoms with van der Waals surface area (Å²) in [5, 5.41) is 8.35. The molecule has 2 heterocycles. The third-order valence-corrected chi connectivity index (χ3v) is 5.31. The van der Waals surface area contributed by atoms with E-state index < -0.39 is 0 Å². The van der Waals surface area contributed by atoms with Gasteiger partial charge in [0.1, 0.15) is 0 Å². The summed E-state index contributed by atoms with van der Waals surface area (Å²) < 4.78 is 1.84. The minimum Gasteiger partial charge on any atom is -0.298 e. The number of halogens is 1. The summed E-state index contributed by atoms with van der Waals surface area (Å²) in [6, 6.07) is 17.1. The second-order valence-corrected chi connectivity index (χ2v) is 7.84. The molecule has 4 rings (SSSR count). The van der Waals surface area contributed by atoms with Gasteiger partial charge in [-0.25, -0.2) is 4.98 Å². The molecule has 5 nitrogen and oxygen atoms in total. The zero-order valence-corrected chi connectivity index (χ0v) is 16.5. The van der Waals surface area contributed by atoms with Crippen LogP contribution in [0.3, 0.4) is 0 Å². The molecule has 0 aliphatic carbocycles. The number of aromatic nitrogens is 3. The molecule has 0 bridgehead atoms. The predicted octanol–water partition coefficient (Wildman–Crippen LogP) is 4.88. The van der Waals surface area contributed by atoms with Gasteiger partial charge in [0.25, 0.3) is 5.91 Å². The minimum atomic E-state index is -0.172. The summed E-state index contributed by atoms with van der Waals surface area (Å²) in [5.74, 6) is -0.172. The molecule has 0 aliphatic heterocycles. The number of carbonyl (C=O) groups excluding carboxylic acids is 1. The lowest BCUT2D eigenvalue weighted by Crippen LogP contribution is -2.11. The van der Waals surface area contributed by atoms with Gasteiger partial charge in [-0.05, 0) is 41.5 Å². The number of nitrogens with zero attached hydrogens (tertiary/aromatic N) is 3. The van der Waals surface area contributed by atoms with Crippen molar-refractivity contribution in [2.45, 2.75) is 13.0 Å². The number of amides is 1. The normalized spacial score (nSPS) is 10.8. The standard InChI is InChI=1S/C21H17ClN4OS/c22-18-4-1-3-16(11-18)12-19-13-23-21(28-19)25-20(27)17-7-5-15(6-8-17)14-26-10-2-9-24-26/h1-11,13H,12,14H2,(H,23,25,27). The smallest absolute Gasteiger partial charge is 0.257 e. The molecule has 2 aromatic carbocycles. The van der Waals surface area contributed by atoms with E-state index in [0.717, 1.165) is 22.4 Å². The number of hydrogen-bond acceptors (Lipinski definition) is 4. The van der Waals surface area contributed by atoms with E-state index in [-0.39, 0.29) is 5.91 Å². The van der Waals surface area contributed by atoms with Crippen molar-refractivity contribution in [2.75, 3.05) is 5.32 Å². The molecule has 7 heteroatoms. The number of thiazole rings is 1. The van der Waals surface area contributed by atoms with Gasteiger partial charge < -0.3 is 0 Å². The van der Waals surface area contributed by atoms with Gasteiger partial charge in [0, 0.05) is 40.5 Å². The van der Waals surface area contributed by atoms with Gasteiger partial charge in [0.15, 0.2) is 5.13 Å². The monoisotopic (exact) mass is 408 g/mol. The van der Waals surface area contributed by atoms with Crippen LogP contribution >= 0.6 is 22.9 Å². The largest absolute Gasteiger partial charge is 0.298 e. The summed E-state index contributed by atoms with van der Waals surface area (Å²) in [4.78, 5) is 17.8. The Bertz CT molecular complexity index is 1070. The van der Waals surface area contributed by atoms with Crippen LogP contribution in [-0.4, -0.2) is 20.7 Å². The van der Waals surface area contributed by atoms with Gasteiger partial charge in [-0.1, -0.05) is 35.9 Å². The number of benzene rings is 2. The van der Waals surface area contributed by atoms with Crippen molar-refractivity contribution in [1.82, 2.24) is 14.8 Å². The predicted molar refractivity (Wildman–Crippen MR) is 112 cm³/mol. The van der Waals surface area contributed by atoms with E-state index in [2.05, 4.69) is 15.4 Å². The van der Waals surface area contributed by atoms with Crippen molar-refractivity contribution in [3.63, 3.8) is 0 Å². The van der Waals surface area contributed by atoms with Crippen molar-refractivity contribution in [3.8, 4) is 0 Å². The summed E-state index contributed by atoms with van der Waals surface area (Å²) in [6.07, 6.45) is 6.17. The Hall–Kier alpha value is -2.96. The average Bonchev–Trinajstić information content (AvgIpc) is 3.34. The Labute approximate surface area is 171 Å². The molecular formula is C21H17ClN4OS.